The molecule has 0 heterocycles. The lowest BCUT2D eigenvalue weighted by Crippen LogP contribution is -2.45. The predicted molar refractivity (Wildman–Crippen MR) is 105 cm³/mol. The zero-order chi connectivity index (χ0) is 19.3. The van der Waals surface area contributed by atoms with Crippen LogP contribution in [0.5, 0.6) is 0 Å². The third-order valence-corrected chi connectivity index (χ3v) is 4.33. The monoisotopic (exact) mass is 359 g/mol. The number of carbonyl (C=O) groups excluding carboxylic acids is 1. The maximum Gasteiger partial charge on any atom is 0.219 e. The lowest BCUT2D eigenvalue weighted by atomic mass is 9.97. The summed E-state index contributed by atoms with van der Waals surface area (Å²) in [4.78, 5) is 11.4. The zero-order valence-electron chi connectivity index (χ0n) is 16.2. The molecular weight excluding hydrogens is 326 g/mol. The average Bonchev–Trinajstić information content (AvgIpc) is 2.60. The second-order valence-electron chi connectivity index (χ2n) is 6.77. The molecule has 0 radical (unpaired) electrons. The van der Waals surface area contributed by atoms with Gasteiger partial charge in [0.2, 0.25) is 5.91 Å². The fraction of sp³-hybridized carbons (Fsp3) is 0.591. The molecule has 1 atom stereocenters. The molecule has 0 aliphatic rings. The van der Waals surface area contributed by atoms with E-state index in [-0.39, 0.29) is 18.9 Å². The van der Waals surface area contributed by atoms with Crippen molar-refractivity contribution in [2.75, 3.05) is 6.61 Å². The van der Waals surface area contributed by atoms with E-state index in [0.29, 0.717) is 5.56 Å². The van der Waals surface area contributed by atoms with Gasteiger partial charge in [0.1, 0.15) is 0 Å². The SMILES string of the molecule is CCCCCCCCCC#Cc1cccc(C(O)(CCO)NC(C)=O)c1. The summed E-state index contributed by atoms with van der Waals surface area (Å²) in [5.41, 5.74) is -0.242. The van der Waals surface area contributed by atoms with Crippen molar-refractivity contribution in [1.29, 1.82) is 0 Å². The lowest BCUT2D eigenvalue weighted by Gasteiger charge is -2.28. The summed E-state index contributed by atoms with van der Waals surface area (Å²) in [6, 6.07) is 7.18. The summed E-state index contributed by atoms with van der Waals surface area (Å²) in [7, 11) is 0. The van der Waals surface area contributed by atoms with E-state index < -0.39 is 5.72 Å². The van der Waals surface area contributed by atoms with Gasteiger partial charge in [0.15, 0.2) is 5.72 Å². The van der Waals surface area contributed by atoms with Crippen LogP contribution in [0.25, 0.3) is 0 Å². The van der Waals surface area contributed by atoms with Crippen molar-refractivity contribution in [2.45, 2.75) is 77.4 Å². The van der Waals surface area contributed by atoms with E-state index >= 15 is 0 Å². The minimum Gasteiger partial charge on any atom is -0.396 e. The van der Waals surface area contributed by atoms with Crippen LogP contribution in [-0.4, -0.2) is 22.7 Å². The summed E-state index contributed by atoms with van der Waals surface area (Å²) in [5.74, 6) is 5.96. The van der Waals surface area contributed by atoms with Crippen LogP contribution in [0.15, 0.2) is 24.3 Å². The van der Waals surface area contributed by atoms with E-state index in [2.05, 4.69) is 24.1 Å². The number of aliphatic hydroxyl groups is 2. The summed E-state index contributed by atoms with van der Waals surface area (Å²) in [6.45, 7) is 3.34. The van der Waals surface area contributed by atoms with Crippen molar-refractivity contribution in [3.8, 4) is 11.8 Å². The first-order valence-electron chi connectivity index (χ1n) is 9.73. The highest BCUT2D eigenvalue weighted by atomic mass is 16.3. The van der Waals surface area contributed by atoms with Gasteiger partial charge in [-0.05, 0) is 18.6 Å². The topological polar surface area (TPSA) is 69.6 Å². The van der Waals surface area contributed by atoms with Crippen LogP contribution in [0.4, 0.5) is 0 Å². The Kier molecular flexibility index (Phi) is 10.7. The van der Waals surface area contributed by atoms with Gasteiger partial charge >= 0.3 is 0 Å². The molecule has 144 valence electrons. The van der Waals surface area contributed by atoms with Crippen LogP contribution in [0.1, 0.15) is 82.8 Å². The molecule has 4 nitrogen and oxygen atoms in total. The minimum absolute atomic E-state index is 0.0293. The van der Waals surface area contributed by atoms with Crippen LogP contribution >= 0.6 is 0 Å². The van der Waals surface area contributed by atoms with E-state index in [1.54, 1.807) is 18.2 Å². The number of hydrogen-bond donors (Lipinski definition) is 3. The van der Waals surface area contributed by atoms with Gasteiger partial charge in [0.05, 0.1) is 0 Å². The Morgan fingerprint density at radius 1 is 1.15 bits per heavy atom. The lowest BCUT2D eigenvalue weighted by molar-refractivity contribution is -0.128. The Bertz CT molecular complexity index is 603. The van der Waals surface area contributed by atoms with Crippen LogP contribution in [-0.2, 0) is 10.5 Å². The van der Waals surface area contributed by atoms with Crippen molar-refractivity contribution >= 4 is 5.91 Å². The first kappa shape index (κ1) is 22.2. The summed E-state index contributed by atoms with van der Waals surface area (Å²) >= 11 is 0. The Balaban J connectivity index is 2.57. The van der Waals surface area contributed by atoms with Crippen molar-refractivity contribution in [2.24, 2.45) is 0 Å². The molecule has 0 aliphatic heterocycles. The molecule has 1 rings (SSSR count). The molecule has 0 aromatic heterocycles. The van der Waals surface area contributed by atoms with E-state index in [1.807, 2.05) is 6.07 Å². The third kappa shape index (κ3) is 8.51. The number of hydrogen-bond acceptors (Lipinski definition) is 3. The van der Waals surface area contributed by atoms with E-state index in [4.69, 9.17) is 0 Å². The van der Waals surface area contributed by atoms with Crippen LogP contribution in [0.2, 0.25) is 0 Å². The molecule has 26 heavy (non-hydrogen) atoms. The molecule has 0 fully saturated rings. The van der Waals surface area contributed by atoms with Crippen molar-refractivity contribution in [3.05, 3.63) is 35.4 Å². The molecular formula is C22H33NO3. The van der Waals surface area contributed by atoms with Gasteiger partial charge in [-0.1, -0.05) is 69.4 Å². The molecule has 0 spiro atoms. The van der Waals surface area contributed by atoms with E-state index in [1.165, 1.54) is 45.4 Å². The van der Waals surface area contributed by atoms with Crippen LogP contribution < -0.4 is 5.32 Å². The first-order chi connectivity index (χ1) is 12.5. The van der Waals surface area contributed by atoms with Gasteiger partial charge in [-0.25, -0.2) is 0 Å². The van der Waals surface area contributed by atoms with E-state index in [0.717, 1.165) is 18.4 Å². The largest absolute Gasteiger partial charge is 0.396 e. The summed E-state index contributed by atoms with van der Waals surface area (Å²) in [6.07, 6.45) is 9.76. The molecule has 4 heteroatoms. The van der Waals surface area contributed by atoms with Crippen LogP contribution in [0, 0.1) is 11.8 Å². The predicted octanol–water partition coefficient (Wildman–Crippen LogP) is 3.84. The van der Waals surface area contributed by atoms with Gasteiger partial charge in [0, 0.05) is 37.5 Å². The minimum atomic E-state index is -1.57. The molecule has 0 saturated carbocycles. The van der Waals surface area contributed by atoms with Crippen molar-refractivity contribution in [1.82, 2.24) is 5.32 Å². The highest BCUT2D eigenvalue weighted by molar-refractivity contribution is 5.73. The standard InChI is InChI=1S/C22H33NO3/c1-3-4-5-6-7-8-9-10-11-13-20-14-12-15-21(18-20)22(26,16-17-24)23-19(2)25/h12,14-15,18,24,26H,3-10,16-17H2,1-2H3,(H,23,25). The van der Waals surface area contributed by atoms with Gasteiger partial charge in [0.25, 0.3) is 0 Å². The fourth-order valence-electron chi connectivity index (χ4n) is 2.92. The quantitative estimate of drug-likeness (QED) is 0.319. The van der Waals surface area contributed by atoms with E-state index in [9.17, 15) is 15.0 Å². The highest BCUT2D eigenvalue weighted by Gasteiger charge is 2.29. The number of aliphatic hydroxyl groups excluding tert-OH is 1. The van der Waals surface area contributed by atoms with Gasteiger partial charge in [-0.15, -0.1) is 0 Å². The summed E-state index contributed by atoms with van der Waals surface area (Å²) in [5, 5.41) is 22.4. The number of amides is 1. The molecule has 1 aromatic rings. The second-order valence-corrected chi connectivity index (χ2v) is 6.77. The number of rotatable bonds is 11. The number of benzene rings is 1. The maximum atomic E-state index is 11.4. The summed E-state index contributed by atoms with van der Waals surface area (Å²) < 4.78 is 0. The van der Waals surface area contributed by atoms with Gasteiger partial charge in [-0.2, -0.15) is 0 Å². The normalized spacial score (nSPS) is 12.8. The van der Waals surface area contributed by atoms with Crippen molar-refractivity contribution < 1.29 is 15.0 Å². The highest BCUT2D eigenvalue weighted by Crippen LogP contribution is 2.22. The Morgan fingerprint density at radius 3 is 2.50 bits per heavy atom. The smallest absolute Gasteiger partial charge is 0.219 e. The second kappa shape index (κ2) is 12.5. The third-order valence-electron chi connectivity index (χ3n) is 4.33. The molecule has 0 saturated heterocycles. The van der Waals surface area contributed by atoms with Gasteiger partial charge in [-0.3, -0.25) is 4.79 Å². The zero-order valence-corrected chi connectivity index (χ0v) is 16.2. The number of carbonyl (C=O) groups is 1. The Hall–Kier alpha value is -1.83. The molecule has 1 amide bonds. The first-order valence-corrected chi connectivity index (χ1v) is 9.73. The molecule has 1 unspecified atom stereocenters. The Morgan fingerprint density at radius 2 is 1.85 bits per heavy atom. The van der Waals surface area contributed by atoms with Gasteiger partial charge < -0.3 is 15.5 Å². The fourth-order valence-corrected chi connectivity index (χ4v) is 2.92. The molecule has 0 bridgehead atoms. The maximum absolute atomic E-state index is 11.4. The molecule has 1 aromatic carbocycles. The molecule has 3 N–H and O–H groups in total. The average molecular weight is 360 g/mol. The van der Waals surface area contributed by atoms with Crippen LogP contribution in [0.3, 0.4) is 0 Å². The number of unbranched alkanes of at least 4 members (excludes halogenated alkanes) is 7. The van der Waals surface area contributed by atoms with Crippen molar-refractivity contribution in [3.63, 3.8) is 0 Å². The molecule has 0 aliphatic carbocycles. The number of nitrogens with one attached hydrogen (secondary N) is 1. The Labute approximate surface area is 158 Å².